The number of hydrogen-bond acceptors (Lipinski definition) is 7. The smallest absolute Gasteiger partial charge is 0.408 e. The van der Waals surface area contributed by atoms with E-state index in [2.05, 4.69) is 10.6 Å². The Labute approximate surface area is 206 Å². The molecule has 2 atom stereocenters. The molecule has 0 heterocycles. The lowest BCUT2D eigenvalue weighted by Gasteiger charge is -2.32. The number of ether oxygens (including phenoxy) is 2. The Morgan fingerprint density at radius 3 is 2.23 bits per heavy atom. The molecule has 0 aliphatic rings. The number of aryl methyl sites for hydroxylation is 2. The number of esters is 1. The lowest BCUT2D eigenvalue weighted by Crippen LogP contribution is -2.52. The lowest BCUT2D eigenvalue weighted by molar-refractivity contribution is -0.144. The number of carbonyl (C=O) groups excluding carboxylic acids is 4. The molecule has 0 aliphatic carbocycles. The third-order valence-corrected chi connectivity index (χ3v) is 4.68. The summed E-state index contributed by atoms with van der Waals surface area (Å²) in [5.41, 5.74) is 1.48. The van der Waals surface area contributed by atoms with Gasteiger partial charge in [0.2, 0.25) is 11.8 Å². The molecule has 35 heavy (non-hydrogen) atoms. The molecular weight excluding hydrogens is 452 g/mol. The van der Waals surface area contributed by atoms with E-state index in [1.165, 1.54) is 6.92 Å². The second kappa shape index (κ2) is 13.3. The number of alkyl carbamates (subject to hydrolysis) is 1. The van der Waals surface area contributed by atoms with Crippen molar-refractivity contribution in [3.05, 3.63) is 34.9 Å². The van der Waals surface area contributed by atoms with Crippen LogP contribution in [0.2, 0.25) is 0 Å². The number of rotatable bonds is 10. The van der Waals surface area contributed by atoms with Gasteiger partial charge in [0.1, 0.15) is 24.2 Å². The minimum absolute atomic E-state index is 0.000733. The Hall–Kier alpha value is -3.61. The molecule has 0 saturated heterocycles. The molecule has 0 aromatic heterocycles. The second-order valence-corrected chi connectivity index (χ2v) is 9.16. The standard InChI is InChI=1S/C25H36N4O6/c1-8-34-20(30)9-11-27-22(31)21(19-14-16(2)13-17(3)15-19)29(12-10-26)23(32)18(4)28-24(33)35-25(5,6)7/h13-15,18,21H,8-9,11-12H2,1-7H3,(H,27,31)(H,28,33). The number of benzene rings is 1. The van der Waals surface area contributed by atoms with E-state index in [-0.39, 0.29) is 19.6 Å². The van der Waals surface area contributed by atoms with Crippen LogP contribution in [0.4, 0.5) is 4.79 Å². The van der Waals surface area contributed by atoms with Gasteiger partial charge in [0.15, 0.2) is 0 Å². The molecule has 0 aliphatic heterocycles. The molecule has 1 aromatic rings. The predicted octanol–water partition coefficient (Wildman–Crippen LogP) is 2.68. The average molecular weight is 489 g/mol. The van der Waals surface area contributed by atoms with Crippen molar-refractivity contribution in [2.75, 3.05) is 19.7 Å². The van der Waals surface area contributed by atoms with Crippen molar-refractivity contribution in [1.82, 2.24) is 15.5 Å². The van der Waals surface area contributed by atoms with Crippen LogP contribution >= 0.6 is 0 Å². The molecule has 3 amide bonds. The zero-order valence-corrected chi connectivity index (χ0v) is 21.6. The summed E-state index contributed by atoms with van der Waals surface area (Å²) < 4.78 is 10.1. The highest BCUT2D eigenvalue weighted by Gasteiger charge is 2.35. The minimum atomic E-state index is -1.16. The summed E-state index contributed by atoms with van der Waals surface area (Å²) in [4.78, 5) is 51.6. The Morgan fingerprint density at radius 1 is 1.11 bits per heavy atom. The van der Waals surface area contributed by atoms with Gasteiger partial charge in [-0.2, -0.15) is 5.26 Å². The topological polar surface area (TPSA) is 138 Å². The molecule has 0 bridgehead atoms. The van der Waals surface area contributed by atoms with E-state index in [9.17, 15) is 24.4 Å². The first kappa shape index (κ1) is 29.4. The fourth-order valence-corrected chi connectivity index (χ4v) is 3.43. The van der Waals surface area contributed by atoms with E-state index in [0.29, 0.717) is 5.56 Å². The summed E-state index contributed by atoms with van der Waals surface area (Å²) in [5, 5.41) is 14.6. The molecule has 10 heteroatoms. The first-order valence-electron chi connectivity index (χ1n) is 11.5. The number of carbonyl (C=O) groups is 4. The normalized spacial score (nSPS) is 12.5. The van der Waals surface area contributed by atoms with Gasteiger partial charge >= 0.3 is 12.1 Å². The summed E-state index contributed by atoms with van der Waals surface area (Å²) in [5.74, 6) is -1.66. The fraction of sp³-hybridized carbons (Fsp3) is 0.560. The molecule has 1 aromatic carbocycles. The Kier molecular flexibility index (Phi) is 11.2. The molecule has 0 saturated carbocycles. The number of amides is 3. The van der Waals surface area contributed by atoms with Gasteiger partial charge in [-0.25, -0.2) is 4.79 Å². The molecule has 10 nitrogen and oxygen atoms in total. The van der Waals surface area contributed by atoms with Crippen LogP contribution in [-0.2, 0) is 23.9 Å². The highest BCUT2D eigenvalue weighted by Crippen LogP contribution is 2.24. The van der Waals surface area contributed by atoms with Crippen LogP contribution in [0.1, 0.15) is 63.8 Å². The maximum atomic E-state index is 13.3. The first-order valence-corrected chi connectivity index (χ1v) is 11.5. The SMILES string of the molecule is CCOC(=O)CCNC(=O)C(c1cc(C)cc(C)c1)N(CC#N)C(=O)C(C)NC(=O)OC(C)(C)C. The summed E-state index contributed by atoms with van der Waals surface area (Å²) in [7, 11) is 0. The maximum absolute atomic E-state index is 13.3. The largest absolute Gasteiger partial charge is 0.466 e. The number of nitrogens with zero attached hydrogens (tertiary/aromatic N) is 2. The summed E-state index contributed by atoms with van der Waals surface area (Å²) >= 11 is 0. The fourth-order valence-electron chi connectivity index (χ4n) is 3.43. The van der Waals surface area contributed by atoms with Crippen molar-refractivity contribution in [2.24, 2.45) is 0 Å². The minimum Gasteiger partial charge on any atom is -0.466 e. The lowest BCUT2D eigenvalue weighted by atomic mass is 9.98. The van der Waals surface area contributed by atoms with Gasteiger partial charge in [-0.1, -0.05) is 29.3 Å². The molecule has 0 fully saturated rings. The Bertz CT molecular complexity index is 943. The van der Waals surface area contributed by atoms with Gasteiger partial charge in [-0.05, 0) is 54.0 Å². The molecule has 0 spiro atoms. The summed E-state index contributed by atoms with van der Waals surface area (Å²) in [6.07, 6.45) is -0.834. The van der Waals surface area contributed by atoms with Gasteiger partial charge in [-0.3, -0.25) is 14.4 Å². The average Bonchev–Trinajstić information content (AvgIpc) is 2.70. The second-order valence-electron chi connectivity index (χ2n) is 9.16. The first-order chi connectivity index (χ1) is 16.3. The van der Waals surface area contributed by atoms with Gasteiger partial charge in [0, 0.05) is 6.54 Å². The zero-order valence-electron chi connectivity index (χ0n) is 21.6. The van der Waals surface area contributed by atoms with E-state index < -0.39 is 48.1 Å². The third kappa shape index (κ3) is 10.0. The van der Waals surface area contributed by atoms with Gasteiger partial charge in [0.05, 0.1) is 19.1 Å². The molecule has 2 unspecified atom stereocenters. The van der Waals surface area contributed by atoms with E-state index >= 15 is 0 Å². The van der Waals surface area contributed by atoms with Crippen LogP contribution in [0, 0.1) is 25.2 Å². The monoisotopic (exact) mass is 488 g/mol. The van der Waals surface area contributed by atoms with Gasteiger partial charge in [-0.15, -0.1) is 0 Å². The van der Waals surface area contributed by atoms with Crippen LogP contribution in [-0.4, -0.2) is 60.1 Å². The Morgan fingerprint density at radius 2 is 1.71 bits per heavy atom. The molecule has 192 valence electrons. The van der Waals surface area contributed by atoms with Crippen LogP contribution < -0.4 is 10.6 Å². The van der Waals surface area contributed by atoms with Crippen molar-refractivity contribution in [3.63, 3.8) is 0 Å². The van der Waals surface area contributed by atoms with Crippen LogP contribution in [0.5, 0.6) is 0 Å². The van der Waals surface area contributed by atoms with E-state index in [1.807, 2.05) is 26.0 Å². The number of nitriles is 1. The summed E-state index contributed by atoms with van der Waals surface area (Å²) in [6, 6.07) is 5.13. The van der Waals surface area contributed by atoms with E-state index in [4.69, 9.17) is 9.47 Å². The molecule has 0 radical (unpaired) electrons. The van der Waals surface area contributed by atoms with Crippen molar-refractivity contribution < 1.29 is 28.7 Å². The Balaban J connectivity index is 3.25. The van der Waals surface area contributed by atoms with E-state index in [1.54, 1.807) is 39.8 Å². The van der Waals surface area contributed by atoms with Crippen LogP contribution in [0.3, 0.4) is 0 Å². The van der Waals surface area contributed by atoms with Gasteiger partial charge < -0.3 is 25.0 Å². The molecule has 1 rings (SSSR count). The third-order valence-electron chi connectivity index (χ3n) is 4.68. The van der Waals surface area contributed by atoms with Crippen molar-refractivity contribution >= 4 is 23.9 Å². The zero-order chi connectivity index (χ0) is 26.8. The van der Waals surface area contributed by atoms with Gasteiger partial charge in [0.25, 0.3) is 0 Å². The highest BCUT2D eigenvalue weighted by molar-refractivity contribution is 5.92. The van der Waals surface area contributed by atoms with Crippen molar-refractivity contribution in [2.45, 2.75) is 72.6 Å². The summed E-state index contributed by atoms with van der Waals surface area (Å²) in [6.45, 7) is 11.8. The number of nitrogens with one attached hydrogen (secondary N) is 2. The van der Waals surface area contributed by atoms with Crippen LogP contribution in [0.25, 0.3) is 0 Å². The van der Waals surface area contributed by atoms with Crippen molar-refractivity contribution in [1.29, 1.82) is 5.26 Å². The molecule has 2 N–H and O–H groups in total. The maximum Gasteiger partial charge on any atom is 0.408 e. The quantitative estimate of drug-likeness (QED) is 0.381. The highest BCUT2D eigenvalue weighted by atomic mass is 16.6. The van der Waals surface area contributed by atoms with Crippen molar-refractivity contribution in [3.8, 4) is 6.07 Å². The predicted molar refractivity (Wildman–Crippen MR) is 129 cm³/mol. The van der Waals surface area contributed by atoms with E-state index in [0.717, 1.165) is 16.0 Å². The molecular formula is C25H36N4O6. The van der Waals surface area contributed by atoms with Crippen LogP contribution in [0.15, 0.2) is 18.2 Å². The number of hydrogen-bond donors (Lipinski definition) is 2.